The molecule has 0 spiro atoms. The van der Waals surface area contributed by atoms with Gasteiger partial charge >= 0.3 is 12.0 Å². The van der Waals surface area contributed by atoms with Crippen molar-refractivity contribution < 1.29 is 19.4 Å². The quantitative estimate of drug-likeness (QED) is 0.741. The standard InChI is InChI=1S/C15H18N2O4/c1-15(7-8-21-10-15)17-14(20)16-12-4-2-3-11(9-12)5-6-13(18)19/h2-6,9H,7-8,10H2,1H3,(H,18,19)(H2,16,17,20)/b6-5+. The predicted octanol–water partition coefficient (Wildman–Crippen LogP) is 2.08. The van der Waals surface area contributed by atoms with Gasteiger partial charge < -0.3 is 20.5 Å². The van der Waals surface area contributed by atoms with Gasteiger partial charge in [-0.1, -0.05) is 12.1 Å². The first-order chi connectivity index (χ1) is 9.97. The van der Waals surface area contributed by atoms with Gasteiger partial charge in [-0.3, -0.25) is 0 Å². The molecule has 1 aliphatic rings. The average molecular weight is 290 g/mol. The summed E-state index contributed by atoms with van der Waals surface area (Å²) in [5, 5.41) is 14.2. The number of amides is 2. The van der Waals surface area contributed by atoms with E-state index in [-0.39, 0.29) is 11.6 Å². The fourth-order valence-corrected chi connectivity index (χ4v) is 2.09. The van der Waals surface area contributed by atoms with Crippen LogP contribution < -0.4 is 10.6 Å². The lowest BCUT2D eigenvalue weighted by atomic mass is 10.0. The fraction of sp³-hybridized carbons (Fsp3) is 0.333. The van der Waals surface area contributed by atoms with Crippen LogP contribution in [0.2, 0.25) is 0 Å². The number of aliphatic carboxylic acids is 1. The van der Waals surface area contributed by atoms with Gasteiger partial charge in [0.2, 0.25) is 0 Å². The third-order valence-corrected chi connectivity index (χ3v) is 3.20. The first-order valence-corrected chi connectivity index (χ1v) is 6.65. The number of nitrogens with one attached hydrogen (secondary N) is 2. The summed E-state index contributed by atoms with van der Waals surface area (Å²) in [6.45, 7) is 3.08. The molecule has 21 heavy (non-hydrogen) atoms. The summed E-state index contributed by atoms with van der Waals surface area (Å²) in [4.78, 5) is 22.4. The highest BCUT2D eigenvalue weighted by Crippen LogP contribution is 2.18. The van der Waals surface area contributed by atoms with Crippen LogP contribution in [0.1, 0.15) is 18.9 Å². The van der Waals surface area contributed by atoms with E-state index in [9.17, 15) is 9.59 Å². The van der Waals surface area contributed by atoms with E-state index in [1.807, 2.05) is 6.92 Å². The first-order valence-electron chi connectivity index (χ1n) is 6.65. The Bertz CT molecular complexity index is 563. The molecule has 112 valence electrons. The van der Waals surface area contributed by atoms with E-state index >= 15 is 0 Å². The number of carbonyl (C=O) groups is 2. The van der Waals surface area contributed by atoms with E-state index in [1.165, 1.54) is 6.08 Å². The second-order valence-corrected chi connectivity index (χ2v) is 5.24. The summed E-state index contributed by atoms with van der Waals surface area (Å²) in [7, 11) is 0. The largest absolute Gasteiger partial charge is 0.478 e. The van der Waals surface area contributed by atoms with Gasteiger partial charge in [0.25, 0.3) is 0 Å². The summed E-state index contributed by atoms with van der Waals surface area (Å²) in [6, 6.07) is 6.64. The zero-order chi connectivity index (χ0) is 15.3. The Labute approximate surface area is 122 Å². The zero-order valence-corrected chi connectivity index (χ0v) is 11.8. The second kappa shape index (κ2) is 6.41. The van der Waals surface area contributed by atoms with Gasteiger partial charge in [0.1, 0.15) is 0 Å². The summed E-state index contributed by atoms with van der Waals surface area (Å²) in [5.41, 5.74) is 0.957. The van der Waals surface area contributed by atoms with E-state index in [0.717, 1.165) is 12.5 Å². The van der Waals surface area contributed by atoms with Crippen LogP contribution in [0.5, 0.6) is 0 Å². The van der Waals surface area contributed by atoms with Gasteiger partial charge in [0.15, 0.2) is 0 Å². The van der Waals surface area contributed by atoms with E-state index < -0.39 is 5.97 Å². The van der Waals surface area contributed by atoms with E-state index in [4.69, 9.17) is 9.84 Å². The molecule has 0 saturated carbocycles. The number of hydrogen-bond acceptors (Lipinski definition) is 3. The summed E-state index contributed by atoms with van der Waals surface area (Å²) in [6.07, 6.45) is 3.30. The lowest BCUT2D eigenvalue weighted by Gasteiger charge is -2.23. The van der Waals surface area contributed by atoms with Crippen molar-refractivity contribution in [3.8, 4) is 0 Å². The SMILES string of the molecule is CC1(NC(=O)Nc2cccc(/C=C/C(=O)O)c2)CCOC1. The topological polar surface area (TPSA) is 87.7 Å². The number of ether oxygens (including phenoxy) is 1. The number of anilines is 1. The summed E-state index contributed by atoms with van der Waals surface area (Å²) < 4.78 is 5.28. The Morgan fingerprint density at radius 2 is 2.24 bits per heavy atom. The Morgan fingerprint density at radius 3 is 2.90 bits per heavy atom. The van der Waals surface area contributed by atoms with Gasteiger partial charge in [-0.25, -0.2) is 9.59 Å². The van der Waals surface area contributed by atoms with Crippen molar-refractivity contribution in [3.05, 3.63) is 35.9 Å². The summed E-state index contributed by atoms with van der Waals surface area (Å²) in [5.74, 6) is -1.01. The number of benzene rings is 1. The lowest BCUT2D eigenvalue weighted by Crippen LogP contribution is -2.48. The highest BCUT2D eigenvalue weighted by atomic mass is 16.5. The molecular weight excluding hydrogens is 272 g/mol. The molecule has 1 aromatic carbocycles. The minimum absolute atomic E-state index is 0.303. The average Bonchev–Trinajstić information content (AvgIpc) is 2.83. The number of hydrogen-bond donors (Lipinski definition) is 3. The molecule has 3 N–H and O–H groups in total. The minimum Gasteiger partial charge on any atom is -0.478 e. The Hall–Kier alpha value is -2.34. The van der Waals surface area contributed by atoms with Crippen LogP contribution in [0.25, 0.3) is 6.08 Å². The first kappa shape index (κ1) is 15.1. The molecule has 1 unspecified atom stereocenters. The molecule has 2 rings (SSSR count). The van der Waals surface area contributed by atoms with Crippen LogP contribution in [0, 0.1) is 0 Å². The van der Waals surface area contributed by atoms with Crippen molar-refractivity contribution in [2.45, 2.75) is 18.9 Å². The second-order valence-electron chi connectivity index (χ2n) is 5.24. The van der Waals surface area contributed by atoms with Crippen LogP contribution in [-0.4, -0.2) is 35.9 Å². The third-order valence-electron chi connectivity index (χ3n) is 3.20. The molecule has 0 aromatic heterocycles. The van der Waals surface area contributed by atoms with Crippen LogP contribution in [0.4, 0.5) is 10.5 Å². The van der Waals surface area contributed by atoms with Crippen molar-refractivity contribution in [1.29, 1.82) is 0 Å². The number of rotatable bonds is 4. The molecule has 1 fully saturated rings. The van der Waals surface area contributed by atoms with E-state index in [2.05, 4.69) is 10.6 Å². The molecule has 2 amide bonds. The number of carbonyl (C=O) groups excluding carboxylic acids is 1. The molecule has 1 atom stereocenters. The van der Waals surface area contributed by atoms with Crippen molar-refractivity contribution in [3.63, 3.8) is 0 Å². The third kappa shape index (κ3) is 4.61. The van der Waals surface area contributed by atoms with Crippen molar-refractivity contribution in [1.82, 2.24) is 5.32 Å². The Kier molecular flexibility index (Phi) is 4.59. The summed E-state index contributed by atoms with van der Waals surface area (Å²) >= 11 is 0. The maximum absolute atomic E-state index is 12.0. The maximum atomic E-state index is 12.0. The molecule has 0 bridgehead atoms. The normalized spacial score (nSPS) is 21.4. The molecule has 1 aromatic rings. The number of urea groups is 1. The Balaban J connectivity index is 1.97. The molecule has 0 radical (unpaired) electrons. The van der Waals surface area contributed by atoms with Gasteiger partial charge in [0.05, 0.1) is 12.1 Å². The molecule has 6 heteroatoms. The van der Waals surface area contributed by atoms with Gasteiger partial charge in [0, 0.05) is 18.4 Å². The van der Waals surface area contributed by atoms with E-state index in [0.29, 0.717) is 24.5 Å². The monoisotopic (exact) mass is 290 g/mol. The van der Waals surface area contributed by atoms with Crippen LogP contribution in [0.3, 0.4) is 0 Å². The zero-order valence-electron chi connectivity index (χ0n) is 11.8. The van der Waals surface area contributed by atoms with Gasteiger partial charge in [-0.15, -0.1) is 0 Å². The highest BCUT2D eigenvalue weighted by molar-refractivity contribution is 5.90. The lowest BCUT2D eigenvalue weighted by molar-refractivity contribution is -0.131. The van der Waals surface area contributed by atoms with Gasteiger partial charge in [-0.2, -0.15) is 0 Å². The van der Waals surface area contributed by atoms with Crippen molar-refractivity contribution in [2.24, 2.45) is 0 Å². The van der Waals surface area contributed by atoms with E-state index in [1.54, 1.807) is 24.3 Å². The van der Waals surface area contributed by atoms with Crippen LogP contribution in [0.15, 0.2) is 30.3 Å². The number of carboxylic acid groups (broad SMARTS) is 1. The fourth-order valence-electron chi connectivity index (χ4n) is 2.09. The molecular formula is C15H18N2O4. The Morgan fingerprint density at radius 1 is 1.43 bits per heavy atom. The highest BCUT2D eigenvalue weighted by Gasteiger charge is 2.31. The molecule has 0 aliphatic carbocycles. The van der Waals surface area contributed by atoms with Crippen LogP contribution >= 0.6 is 0 Å². The predicted molar refractivity (Wildman–Crippen MR) is 79.1 cm³/mol. The number of carboxylic acids is 1. The molecule has 6 nitrogen and oxygen atoms in total. The maximum Gasteiger partial charge on any atom is 0.328 e. The van der Waals surface area contributed by atoms with Crippen molar-refractivity contribution >= 4 is 23.8 Å². The smallest absolute Gasteiger partial charge is 0.328 e. The van der Waals surface area contributed by atoms with Crippen molar-refractivity contribution in [2.75, 3.05) is 18.5 Å². The van der Waals surface area contributed by atoms with Gasteiger partial charge in [-0.05, 0) is 37.1 Å². The minimum atomic E-state index is -1.01. The molecule has 1 saturated heterocycles. The molecule has 1 aliphatic heterocycles. The van der Waals surface area contributed by atoms with Crippen LogP contribution in [-0.2, 0) is 9.53 Å². The molecule has 1 heterocycles.